The van der Waals surface area contributed by atoms with Crippen LogP contribution in [0, 0.1) is 23.2 Å². The quantitative estimate of drug-likeness (QED) is 0.740. The van der Waals surface area contributed by atoms with E-state index >= 15 is 0 Å². The van der Waals surface area contributed by atoms with Crippen LogP contribution in [0.25, 0.3) is 0 Å². The van der Waals surface area contributed by atoms with E-state index in [0.717, 1.165) is 43.6 Å². The van der Waals surface area contributed by atoms with Crippen LogP contribution in [-0.2, 0) is 4.79 Å². The van der Waals surface area contributed by atoms with Gasteiger partial charge in [-0.25, -0.2) is 0 Å². The average molecular weight is 396 g/mol. The molecule has 4 bridgehead atoms. The lowest BCUT2D eigenvalue weighted by Crippen LogP contribution is -2.55. The maximum absolute atomic E-state index is 13.1. The van der Waals surface area contributed by atoms with Gasteiger partial charge in [0.1, 0.15) is 6.04 Å². The minimum absolute atomic E-state index is 0.0388. The van der Waals surface area contributed by atoms with Crippen molar-refractivity contribution in [2.45, 2.75) is 45.1 Å². The molecule has 1 saturated heterocycles. The molecule has 5 aliphatic rings. The summed E-state index contributed by atoms with van der Waals surface area (Å²) in [6.45, 7) is 7.76. The molecule has 0 aromatic carbocycles. The Morgan fingerprint density at radius 3 is 2.69 bits per heavy atom. The second kappa shape index (κ2) is 6.56. The largest absolute Gasteiger partial charge is 0.347 e. The normalized spacial score (nSPS) is 34.6. The van der Waals surface area contributed by atoms with E-state index in [-0.39, 0.29) is 23.4 Å². The highest BCUT2D eigenvalue weighted by Gasteiger charge is 2.52. The van der Waals surface area contributed by atoms with E-state index in [1.54, 1.807) is 35.2 Å². The zero-order valence-corrected chi connectivity index (χ0v) is 18.1. The van der Waals surface area contributed by atoms with Crippen LogP contribution in [0.1, 0.15) is 50.8 Å². The third kappa shape index (κ3) is 2.84. The summed E-state index contributed by atoms with van der Waals surface area (Å²) in [6, 6.07) is 5.13. The molecule has 2 fully saturated rings. The topological polar surface area (TPSA) is 45.6 Å². The summed E-state index contributed by atoms with van der Waals surface area (Å²) in [5.41, 5.74) is 3.06. The number of hydrogen-bond donors (Lipinski definition) is 0. The molecule has 0 unspecified atom stereocenters. The molecule has 1 amide bonds. The van der Waals surface area contributed by atoms with E-state index in [2.05, 4.69) is 30.9 Å². The van der Waals surface area contributed by atoms with Crippen LogP contribution in [0.2, 0.25) is 0 Å². The van der Waals surface area contributed by atoms with Crippen LogP contribution in [0.5, 0.6) is 0 Å². The molecule has 0 N–H and O–H groups in total. The van der Waals surface area contributed by atoms with Crippen LogP contribution in [0.15, 0.2) is 34.6 Å². The molecule has 1 saturated carbocycles. The van der Waals surface area contributed by atoms with Gasteiger partial charge in [-0.1, -0.05) is 31.6 Å². The van der Waals surface area contributed by atoms with Gasteiger partial charge in [-0.3, -0.25) is 19.1 Å². The summed E-state index contributed by atoms with van der Waals surface area (Å²) in [6.07, 6.45) is 6.06. The number of likely N-dealkylation sites (N-methyl/N-ethyl adjacent to an activating group) is 1. The van der Waals surface area contributed by atoms with Crippen LogP contribution < -0.4 is 5.56 Å². The smallest absolute Gasteiger partial charge is 0.251 e. The summed E-state index contributed by atoms with van der Waals surface area (Å²) in [5.74, 6) is 2.16. The van der Waals surface area contributed by atoms with Gasteiger partial charge in [0.25, 0.3) is 5.56 Å². The number of allylic oxidation sites excluding steroid dienone is 1. The Balaban J connectivity index is 1.45. The number of amides is 1. The van der Waals surface area contributed by atoms with Crippen LogP contribution in [-0.4, -0.2) is 54.0 Å². The highest BCUT2D eigenvalue weighted by Crippen LogP contribution is 2.59. The molecule has 6 rings (SSSR count). The van der Waals surface area contributed by atoms with Crippen LogP contribution >= 0.6 is 0 Å². The molecular formula is C24H33N3O2. The van der Waals surface area contributed by atoms with Gasteiger partial charge < -0.3 is 4.90 Å². The summed E-state index contributed by atoms with van der Waals surface area (Å²) in [7, 11) is 3.59. The molecule has 1 aromatic heterocycles. The van der Waals surface area contributed by atoms with E-state index in [1.165, 1.54) is 12.8 Å². The van der Waals surface area contributed by atoms with E-state index in [4.69, 9.17) is 0 Å². The molecule has 0 spiro atoms. The van der Waals surface area contributed by atoms with E-state index in [1.807, 2.05) is 6.07 Å². The molecule has 3 heterocycles. The molecule has 0 radical (unpaired) electrons. The average Bonchev–Trinajstić information content (AvgIpc) is 2.68. The molecule has 156 valence electrons. The monoisotopic (exact) mass is 395 g/mol. The first-order valence-corrected chi connectivity index (χ1v) is 11.1. The lowest BCUT2D eigenvalue weighted by Gasteiger charge is -2.57. The first kappa shape index (κ1) is 19.1. The van der Waals surface area contributed by atoms with Gasteiger partial charge in [-0.15, -0.1) is 0 Å². The Labute approximate surface area is 173 Å². The molecule has 5 atom stereocenters. The van der Waals surface area contributed by atoms with Crippen LogP contribution in [0.4, 0.5) is 0 Å². The van der Waals surface area contributed by atoms with Crippen molar-refractivity contribution in [2.75, 3.05) is 33.7 Å². The standard InChI is InChI=1S/C24H33N3O2/c1-24(2)18-9-8-15(19(24)11-18)12-26-13-16-10-17(14-26)22(23(29)25(3)4)27-20(16)6-5-7-21(27)28/h5-8,16-19,22H,9-14H2,1-4H3/t16-,17+,18+,19+,22-/m1/s1. The maximum Gasteiger partial charge on any atom is 0.251 e. The van der Waals surface area contributed by atoms with Gasteiger partial charge in [-0.05, 0) is 42.6 Å². The molecule has 1 aromatic rings. The van der Waals surface area contributed by atoms with Crippen molar-refractivity contribution < 1.29 is 4.79 Å². The third-order valence-corrected chi connectivity index (χ3v) is 8.41. The van der Waals surface area contributed by atoms with E-state index < -0.39 is 0 Å². The van der Waals surface area contributed by atoms with Gasteiger partial charge in [0.05, 0.1) is 0 Å². The number of fused-ring (bicyclic) bond motifs is 5. The van der Waals surface area contributed by atoms with E-state index in [9.17, 15) is 9.59 Å². The van der Waals surface area contributed by atoms with E-state index in [0.29, 0.717) is 11.3 Å². The van der Waals surface area contributed by atoms with Gasteiger partial charge >= 0.3 is 0 Å². The number of likely N-dealkylation sites (tertiary alicyclic amines) is 1. The maximum atomic E-state index is 13.1. The molecule has 29 heavy (non-hydrogen) atoms. The molecule has 5 nitrogen and oxygen atoms in total. The number of hydrogen-bond acceptors (Lipinski definition) is 3. The first-order valence-electron chi connectivity index (χ1n) is 11.1. The predicted octanol–water partition coefficient (Wildman–Crippen LogP) is 2.89. The summed E-state index contributed by atoms with van der Waals surface area (Å²) in [5, 5.41) is 0. The zero-order valence-electron chi connectivity index (χ0n) is 18.1. The molecule has 2 aliphatic heterocycles. The SMILES string of the molecule is CN(C)C(=O)[C@H]1[C@H]2C[C@H](CN(CC3=CC[C@H]4C[C@@H]3C4(C)C)C2)c2cccc(=O)n21. The highest BCUT2D eigenvalue weighted by atomic mass is 16.2. The first-order chi connectivity index (χ1) is 13.8. The number of rotatable bonds is 3. The minimum atomic E-state index is -0.377. The van der Waals surface area contributed by atoms with Crippen molar-refractivity contribution in [3.05, 3.63) is 45.9 Å². The second-order valence-electron chi connectivity index (χ2n) is 10.5. The van der Waals surface area contributed by atoms with Crippen molar-refractivity contribution >= 4 is 5.91 Å². The van der Waals surface area contributed by atoms with Crippen LogP contribution in [0.3, 0.4) is 0 Å². The lowest BCUT2D eigenvalue weighted by molar-refractivity contribution is -0.135. The fourth-order valence-corrected chi connectivity index (χ4v) is 6.65. The van der Waals surface area contributed by atoms with Gasteiger partial charge in [0, 0.05) is 57.3 Å². The van der Waals surface area contributed by atoms with Gasteiger partial charge in [0.2, 0.25) is 5.91 Å². The Kier molecular flexibility index (Phi) is 4.32. The summed E-state index contributed by atoms with van der Waals surface area (Å²) >= 11 is 0. The number of carbonyl (C=O) groups excluding carboxylic acids is 1. The van der Waals surface area contributed by atoms with Crippen molar-refractivity contribution in [1.82, 2.24) is 14.4 Å². The summed E-state index contributed by atoms with van der Waals surface area (Å²) < 4.78 is 1.80. The number of piperidine rings is 1. The predicted molar refractivity (Wildman–Crippen MR) is 114 cm³/mol. The van der Waals surface area contributed by atoms with Gasteiger partial charge in [0.15, 0.2) is 0 Å². The Bertz CT molecular complexity index is 928. The van der Waals surface area contributed by atoms with Crippen molar-refractivity contribution in [3.8, 4) is 0 Å². The third-order valence-electron chi connectivity index (χ3n) is 8.41. The fourth-order valence-electron chi connectivity index (χ4n) is 6.65. The fraction of sp³-hybridized carbons (Fsp3) is 0.667. The zero-order chi connectivity index (χ0) is 20.5. The van der Waals surface area contributed by atoms with Crippen molar-refractivity contribution in [1.29, 1.82) is 0 Å². The molecular weight excluding hydrogens is 362 g/mol. The number of carbonyl (C=O) groups is 1. The van der Waals surface area contributed by atoms with Crippen molar-refractivity contribution in [2.24, 2.45) is 23.2 Å². The second-order valence-corrected chi connectivity index (χ2v) is 10.5. The lowest BCUT2D eigenvalue weighted by atomic mass is 9.49. The van der Waals surface area contributed by atoms with Crippen molar-refractivity contribution in [3.63, 3.8) is 0 Å². The summed E-state index contributed by atoms with van der Waals surface area (Å²) in [4.78, 5) is 30.0. The number of aromatic nitrogens is 1. The van der Waals surface area contributed by atoms with Gasteiger partial charge in [-0.2, -0.15) is 0 Å². The number of pyridine rings is 1. The minimum Gasteiger partial charge on any atom is -0.347 e. The Morgan fingerprint density at radius 1 is 1.21 bits per heavy atom. The molecule has 3 aliphatic carbocycles. The number of nitrogens with zero attached hydrogens (tertiary/aromatic N) is 3. The molecule has 5 heteroatoms. The Hall–Kier alpha value is -1.88. The Morgan fingerprint density at radius 2 is 2.00 bits per heavy atom. The highest BCUT2D eigenvalue weighted by molar-refractivity contribution is 5.80.